The van der Waals surface area contributed by atoms with E-state index < -0.39 is 0 Å². The van der Waals surface area contributed by atoms with Crippen LogP contribution in [0.5, 0.6) is 11.5 Å². The summed E-state index contributed by atoms with van der Waals surface area (Å²) in [6.45, 7) is 2.96. The molecule has 0 bridgehead atoms. The summed E-state index contributed by atoms with van der Waals surface area (Å²) >= 11 is 0. The number of hydrogen-bond acceptors (Lipinski definition) is 7. The van der Waals surface area contributed by atoms with Crippen LogP contribution in [0.15, 0.2) is 18.5 Å². The first-order valence-electron chi connectivity index (χ1n) is 9.29. The first-order chi connectivity index (χ1) is 12.7. The molecule has 0 spiro atoms. The monoisotopic (exact) mass is 360 g/mol. The van der Waals surface area contributed by atoms with E-state index in [-0.39, 0.29) is 6.61 Å². The zero-order chi connectivity index (χ0) is 18.4. The summed E-state index contributed by atoms with van der Waals surface area (Å²) in [6, 6.07) is 4.17. The van der Waals surface area contributed by atoms with Crippen molar-refractivity contribution in [2.24, 2.45) is 0 Å². The van der Waals surface area contributed by atoms with Gasteiger partial charge in [0.05, 0.1) is 19.2 Å². The van der Waals surface area contributed by atoms with E-state index in [9.17, 15) is 5.11 Å². The minimum absolute atomic E-state index is 0.261. The Labute approximate surface area is 154 Å². The molecule has 1 unspecified atom stereocenters. The lowest BCUT2D eigenvalue weighted by Crippen LogP contribution is -2.40. The first kappa shape index (κ1) is 18.7. The number of nitrogens with two attached hydrogens (primary N) is 1. The smallest absolute Gasteiger partial charge is 0.163 e. The van der Waals surface area contributed by atoms with Crippen molar-refractivity contribution >= 4 is 16.7 Å². The predicted octanol–water partition coefficient (Wildman–Crippen LogP) is 2.23. The van der Waals surface area contributed by atoms with Crippen molar-refractivity contribution in [1.82, 2.24) is 14.9 Å². The molecule has 0 amide bonds. The van der Waals surface area contributed by atoms with Gasteiger partial charge in [-0.3, -0.25) is 0 Å². The van der Waals surface area contributed by atoms with Gasteiger partial charge in [0.2, 0.25) is 0 Å². The molecule has 0 saturated carbocycles. The Morgan fingerprint density at radius 3 is 2.96 bits per heavy atom. The lowest BCUT2D eigenvalue weighted by molar-refractivity contribution is 0.112. The molecule has 7 heteroatoms. The highest BCUT2D eigenvalue weighted by Crippen LogP contribution is 2.33. The second-order valence-corrected chi connectivity index (χ2v) is 6.68. The number of anilines is 1. The van der Waals surface area contributed by atoms with E-state index in [1.54, 1.807) is 7.11 Å². The van der Waals surface area contributed by atoms with Crippen molar-refractivity contribution in [2.45, 2.75) is 38.1 Å². The Kier molecular flexibility index (Phi) is 6.46. The zero-order valence-corrected chi connectivity index (χ0v) is 15.4. The predicted molar refractivity (Wildman–Crippen MR) is 102 cm³/mol. The summed E-state index contributed by atoms with van der Waals surface area (Å²) in [7, 11) is 1.61. The number of aliphatic hydroxyl groups is 1. The number of nitrogen functional groups attached to an aromatic ring is 1. The number of nitrogens with zero attached hydrogens (tertiary/aromatic N) is 3. The molecule has 1 aliphatic heterocycles. The summed E-state index contributed by atoms with van der Waals surface area (Å²) in [4.78, 5) is 10.7. The van der Waals surface area contributed by atoms with E-state index in [0.717, 1.165) is 36.8 Å². The van der Waals surface area contributed by atoms with Crippen LogP contribution in [-0.2, 0) is 0 Å². The van der Waals surface area contributed by atoms with Gasteiger partial charge in [0, 0.05) is 30.6 Å². The number of rotatable bonds is 8. The molecule has 3 rings (SSSR count). The maximum absolute atomic E-state index is 9.24. The van der Waals surface area contributed by atoms with Crippen LogP contribution in [0.1, 0.15) is 32.1 Å². The van der Waals surface area contributed by atoms with E-state index >= 15 is 0 Å². The molecule has 1 saturated heterocycles. The molecule has 1 fully saturated rings. The fraction of sp³-hybridized carbons (Fsp3) is 0.579. The lowest BCUT2D eigenvalue weighted by atomic mass is 9.99. The maximum atomic E-state index is 9.24. The minimum atomic E-state index is 0.261. The standard InChI is InChI=1S/C19H28N4O3/c1-25-17-11-15-16(21-13-22-19(15)20)12-18(17)26-10-4-8-23-7-3-2-5-14(23)6-9-24/h11-14,24H,2-10H2,1H3,(H2,20,21,22). The summed E-state index contributed by atoms with van der Waals surface area (Å²) in [6.07, 6.45) is 6.92. The number of methoxy groups -OCH3 is 1. The van der Waals surface area contributed by atoms with Gasteiger partial charge in [-0.25, -0.2) is 9.97 Å². The van der Waals surface area contributed by atoms with Crippen molar-refractivity contribution < 1.29 is 14.6 Å². The number of hydrogen-bond donors (Lipinski definition) is 2. The van der Waals surface area contributed by atoms with Gasteiger partial charge < -0.3 is 25.2 Å². The topological polar surface area (TPSA) is 93.7 Å². The molecule has 2 heterocycles. The summed E-state index contributed by atoms with van der Waals surface area (Å²) in [5.74, 6) is 1.73. The van der Waals surface area contributed by atoms with Crippen molar-refractivity contribution in [3.63, 3.8) is 0 Å². The van der Waals surface area contributed by atoms with Crippen LogP contribution in [0, 0.1) is 0 Å². The van der Waals surface area contributed by atoms with Crippen LogP contribution in [0.2, 0.25) is 0 Å². The molecular weight excluding hydrogens is 332 g/mol. The molecule has 1 aromatic carbocycles. The summed E-state index contributed by atoms with van der Waals surface area (Å²) < 4.78 is 11.4. The Balaban J connectivity index is 1.59. The largest absolute Gasteiger partial charge is 0.493 e. The molecule has 0 aliphatic carbocycles. The number of aromatic nitrogens is 2. The molecule has 1 aromatic heterocycles. The van der Waals surface area contributed by atoms with Gasteiger partial charge in [0.25, 0.3) is 0 Å². The Morgan fingerprint density at radius 1 is 1.27 bits per heavy atom. The van der Waals surface area contributed by atoms with Crippen LogP contribution in [0.25, 0.3) is 10.9 Å². The third kappa shape index (κ3) is 4.34. The molecule has 1 aliphatic rings. The average molecular weight is 360 g/mol. The Bertz CT molecular complexity index is 723. The lowest BCUT2D eigenvalue weighted by Gasteiger charge is -2.35. The number of aliphatic hydroxyl groups excluding tert-OH is 1. The average Bonchev–Trinajstić information content (AvgIpc) is 2.66. The van der Waals surface area contributed by atoms with Gasteiger partial charge >= 0.3 is 0 Å². The van der Waals surface area contributed by atoms with Crippen molar-refractivity contribution in [1.29, 1.82) is 0 Å². The van der Waals surface area contributed by atoms with E-state index in [0.29, 0.717) is 30.0 Å². The van der Waals surface area contributed by atoms with E-state index in [1.165, 1.54) is 25.6 Å². The van der Waals surface area contributed by atoms with E-state index in [4.69, 9.17) is 15.2 Å². The second kappa shape index (κ2) is 9.00. The van der Waals surface area contributed by atoms with Crippen molar-refractivity contribution in [3.8, 4) is 11.5 Å². The van der Waals surface area contributed by atoms with Gasteiger partial charge in [-0.1, -0.05) is 6.42 Å². The fourth-order valence-electron chi connectivity index (χ4n) is 3.64. The zero-order valence-electron chi connectivity index (χ0n) is 15.4. The first-order valence-corrected chi connectivity index (χ1v) is 9.29. The number of piperidine rings is 1. The molecule has 0 radical (unpaired) electrons. The van der Waals surface area contributed by atoms with Gasteiger partial charge in [-0.05, 0) is 38.3 Å². The number of benzene rings is 1. The fourth-order valence-corrected chi connectivity index (χ4v) is 3.64. The number of ether oxygens (including phenoxy) is 2. The van der Waals surface area contributed by atoms with Crippen LogP contribution < -0.4 is 15.2 Å². The summed E-state index contributed by atoms with van der Waals surface area (Å²) in [5, 5.41) is 10.00. The van der Waals surface area contributed by atoms with Crippen LogP contribution >= 0.6 is 0 Å². The normalized spacial score (nSPS) is 18.2. The van der Waals surface area contributed by atoms with Gasteiger partial charge in [0.15, 0.2) is 11.5 Å². The Hall–Kier alpha value is -2.12. The second-order valence-electron chi connectivity index (χ2n) is 6.68. The highest BCUT2D eigenvalue weighted by Gasteiger charge is 2.21. The highest BCUT2D eigenvalue weighted by atomic mass is 16.5. The molecular formula is C19H28N4O3. The Morgan fingerprint density at radius 2 is 2.15 bits per heavy atom. The van der Waals surface area contributed by atoms with Gasteiger partial charge in [-0.2, -0.15) is 0 Å². The minimum Gasteiger partial charge on any atom is -0.493 e. The van der Waals surface area contributed by atoms with Gasteiger partial charge in [0.1, 0.15) is 12.1 Å². The van der Waals surface area contributed by atoms with Gasteiger partial charge in [-0.15, -0.1) is 0 Å². The third-order valence-corrected chi connectivity index (χ3v) is 5.01. The quantitative estimate of drug-likeness (QED) is 0.697. The van der Waals surface area contributed by atoms with Crippen LogP contribution in [-0.4, -0.2) is 59.4 Å². The number of likely N-dealkylation sites (tertiary alicyclic amines) is 1. The number of fused-ring (bicyclic) bond motifs is 1. The summed E-state index contributed by atoms with van der Waals surface area (Å²) in [5.41, 5.74) is 6.64. The molecule has 1 atom stereocenters. The molecule has 3 N–H and O–H groups in total. The molecule has 7 nitrogen and oxygen atoms in total. The SMILES string of the molecule is COc1cc2c(N)ncnc2cc1OCCCN1CCCCC1CCO. The van der Waals surface area contributed by atoms with E-state index in [2.05, 4.69) is 14.9 Å². The highest BCUT2D eigenvalue weighted by molar-refractivity contribution is 5.90. The van der Waals surface area contributed by atoms with Crippen molar-refractivity contribution in [3.05, 3.63) is 18.5 Å². The maximum Gasteiger partial charge on any atom is 0.163 e. The molecule has 2 aromatic rings. The molecule has 26 heavy (non-hydrogen) atoms. The van der Waals surface area contributed by atoms with Crippen LogP contribution in [0.4, 0.5) is 5.82 Å². The third-order valence-electron chi connectivity index (χ3n) is 5.01. The van der Waals surface area contributed by atoms with Crippen LogP contribution in [0.3, 0.4) is 0 Å². The molecule has 142 valence electrons. The van der Waals surface area contributed by atoms with Crippen molar-refractivity contribution in [2.75, 3.05) is 39.1 Å². The van der Waals surface area contributed by atoms with E-state index in [1.807, 2.05) is 12.1 Å².